The van der Waals surface area contributed by atoms with Crippen molar-refractivity contribution in [3.63, 3.8) is 0 Å². The Morgan fingerprint density at radius 3 is 2.58 bits per heavy atom. The van der Waals surface area contributed by atoms with Crippen molar-refractivity contribution in [1.29, 1.82) is 10.9 Å². The molecule has 2 rings (SSSR count). The van der Waals surface area contributed by atoms with Crippen molar-refractivity contribution < 1.29 is 4.39 Å². The van der Waals surface area contributed by atoms with Gasteiger partial charge in [-0.3, -0.25) is 10.3 Å². The van der Waals surface area contributed by atoms with Crippen LogP contribution in [0.2, 0.25) is 0 Å². The molecule has 8 heteroatoms. The van der Waals surface area contributed by atoms with Gasteiger partial charge in [0.15, 0.2) is 5.84 Å². The van der Waals surface area contributed by atoms with E-state index in [1.807, 2.05) is 12.1 Å². The number of benzene rings is 1. The van der Waals surface area contributed by atoms with Crippen LogP contribution in [-0.4, -0.2) is 43.0 Å². The predicted octanol–water partition coefficient (Wildman–Crippen LogP) is 3.84. The molecule has 1 aromatic rings. The smallest absolute Gasteiger partial charge is 0.178 e. The fourth-order valence-electron chi connectivity index (χ4n) is 4.14. The van der Waals surface area contributed by atoms with Gasteiger partial charge in [0.25, 0.3) is 0 Å². The lowest BCUT2D eigenvalue weighted by Gasteiger charge is -2.45. The van der Waals surface area contributed by atoms with Gasteiger partial charge in [0.05, 0.1) is 11.3 Å². The van der Waals surface area contributed by atoms with Crippen molar-refractivity contribution in [1.82, 2.24) is 4.90 Å². The molecule has 0 spiro atoms. The van der Waals surface area contributed by atoms with Crippen LogP contribution in [0.1, 0.15) is 38.8 Å². The third-order valence-electron chi connectivity index (χ3n) is 5.57. The van der Waals surface area contributed by atoms with Crippen LogP contribution in [0.5, 0.6) is 0 Å². The van der Waals surface area contributed by atoms with E-state index in [-0.39, 0.29) is 17.4 Å². The fourth-order valence-corrected chi connectivity index (χ4v) is 4.14. The number of rotatable bonds is 8. The second-order valence-corrected chi connectivity index (χ2v) is 8.88. The standard InChI is InChI=1S/C23H36FN7/c1-15(2)10-17-11-19(24)22(23(27)29-28)20(12-17)31-9-8-30(21(14-31)16(3)4)13-18(26)6-5-7-25/h5-7,11-12,15-16,21,27-28H,8-10,13-14,25-26H2,1-4H3/b7-5-,18-6-,27-23?,29-28?. The Kier molecular flexibility index (Phi) is 8.74. The number of allylic oxidation sites excluding steroid dienone is 2. The number of halogens is 1. The molecular weight excluding hydrogens is 393 g/mol. The van der Waals surface area contributed by atoms with Gasteiger partial charge in [-0.2, -0.15) is 0 Å². The van der Waals surface area contributed by atoms with E-state index < -0.39 is 5.82 Å². The summed E-state index contributed by atoms with van der Waals surface area (Å²) in [6, 6.07) is 3.64. The van der Waals surface area contributed by atoms with Gasteiger partial charge in [-0.25, -0.2) is 9.92 Å². The van der Waals surface area contributed by atoms with Crippen molar-refractivity contribution in [3.8, 4) is 0 Å². The number of amidine groups is 1. The third kappa shape index (κ3) is 6.37. The Bertz CT molecular complexity index is 845. The van der Waals surface area contributed by atoms with Gasteiger partial charge < -0.3 is 16.4 Å². The number of anilines is 1. The van der Waals surface area contributed by atoms with Gasteiger partial charge >= 0.3 is 0 Å². The zero-order valence-corrected chi connectivity index (χ0v) is 19.0. The van der Waals surface area contributed by atoms with Crippen LogP contribution in [0.4, 0.5) is 10.1 Å². The van der Waals surface area contributed by atoms with E-state index in [4.69, 9.17) is 22.4 Å². The zero-order valence-electron chi connectivity index (χ0n) is 19.0. The van der Waals surface area contributed by atoms with Crippen molar-refractivity contribution in [2.24, 2.45) is 28.4 Å². The largest absolute Gasteiger partial charge is 0.405 e. The molecule has 0 amide bonds. The molecule has 0 aliphatic carbocycles. The molecule has 1 aliphatic heterocycles. The number of hydrogen-bond donors (Lipinski definition) is 4. The van der Waals surface area contributed by atoms with Crippen molar-refractivity contribution in [2.45, 2.75) is 40.2 Å². The maximum atomic E-state index is 15.0. The average molecular weight is 430 g/mol. The molecule has 1 fully saturated rings. The number of hydrogen-bond acceptors (Lipinski definition) is 6. The van der Waals surface area contributed by atoms with E-state index in [1.165, 1.54) is 12.3 Å². The first kappa shape index (κ1) is 24.5. The SMILES string of the molecule is CC(C)Cc1cc(F)c(C(=N)N=N)c(N2CCN(C/C(N)=C/C=C\N)C(C(C)C)C2)c1. The topological polar surface area (TPSA) is 119 Å². The lowest BCUT2D eigenvalue weighted by molar-refractivity contribution is 0.150. The van der Waals surface area contributed by atoms with E-state index in [0.717, 1.165) is 24.2 Å². The van der Waals surface area contributed by atoms with Gasteiger partial charge in [0, 0.05) is 37.9 Å². The first-order chi connectivity index (χ1) is 14.7. The van der Waals surface area contributed by atoms with Crippen molar-refractivity contribution in [2.75, 3.05) is 31.1 Å². The maximum absolute atomic E-state index is 15.0. The molecule has 1 aliphatic rings. The minimum atomic E-state index is -0.488. The van der Waals surface area contributed by atoms with Gasteiger partial charge in [-0.05, 0) is 54.3 Å². The summed E-state index contributed by atoms with van der Waals surface area (Å²) in [6.45, 7) is 11.3. The Labute approximate surface area is 185 Å². The highest BCUT2D eigenvalue weighted by atomic mass is 19.1. The third-order valence-corrected chi connectivity index (χ3v) is 5.57. The van der Waals surface area contributed by atoms with Crippen LogP contribution < -0.4 is 16.4 Å². The minimum Gasteiger partial charge on any atom is -0.405 e. The first-order valence-corrected chi connectivity index (χ1v) is 10.8. The summed E-state index contributed by atoms with van der Waals surface area (Å²) in [5, 5.41) is 11.3. The molecule has 6 N–H and O–H groups in total. The Morgan fingerprint density at radius 1 is 1.29 bits per heavy atom. The first-order valence-electron chi connectivity index (χ1n) is 10.8. The summed E-state index contributed by atoms with van der Waals surface area (Å²) in [5.74, 6) is -0.101. The van der Waals surface area contributed by atoms with E-state index in [0.29, 0.717) is 37.2 Å². The average Bonchev–Trinajstić information content (AvgIpc) is 2.71. The summed E-state index contributed by atoms with van der Waals surface area (Å²) in [4.78, 5) is 4.47. The summed E-state index contributed by atoms with van der Waals surface area (Å²) in [5.41, 5.74) is 21.2. The van der Waals surface area contributed by atoms with Gasteiger partial charge in [0.2, 0.25) is 0 Å². The van der Waals surface area contributed by atoms with E-state index in [2.05, 4.69) is 42.6 Å². The van der Waals surface area contributed by atoms with Crippen LogP contribution in [-0.2, 0) is 6.42 Å². The second kappa shape index (κ2) is 11.0. The second-order valence-electron chi connectivity index (χ2n) is 8.88. The van der Waals surface area contributed by atoms with Crippen molar-refractivity contribution in [3.05, 3.63) is 53.1 Å². The molecular formula is C23H36FN7. The van der Waals surface area contributed by atoms with Gasteiger partial charge in [0.1, 0.15) is 5.82 Å². The maximum Gasteiger partial charge on any atom is 0.178 e. The van der Waals surface area contributed by atoms with E-state index in [1.54, 1.807) is 6.08 Å². The molecule has 0 radical (unpaired) electrons. The molecule has 31 heavy (non-hydrogen) atoms. The highest BCUT2D eigenvalue weighted by Crippen LogP contribution is 2.31. The quantitative estimate of drug-likeness (QED) is 0.217. The molecule has 1 saturated heterocycles. The van der Waals surface area contributed by atoms with Gasteiger partial charge in [-0.1, -0.05) is 27.7 Å². The Morgan fingerprint density at radius 2 is 2.00 bits per heavy atom. The van der Waals surface area contributed by atoms with Gasteiger partial charge in [-0.15, -0.1) is 5.11 Å². The molecule has 0 bridgehead atoms. The number of piperazine rings is 1. The Balaban J connectivity index is 2.38. The molecule has 1 unspecified atom stereocenters. The van der Waals surface area contributed by atoms with Crippen molar-refractivity contribution >= 4 is 11.5 Å². The molecule has 0 saturated carbocycles. The van der Waals surface area contributed by atoms with Crippen LogP contribution in [0.3, 0.4) is 0 Å². The van der Waals surface area contributed by atoms with E-state index >= 15 is 4.39 Å². The summed E-state index contributed by atoms with van der Waals surface area (Å²) in [6.07, 6.45) is 5.74. The fraction of sp³-hybridized carbons (Fsp3) is 0.522. The van der Waals surface area contributed by atoms with E-state index in [9.17, 15) is 0 Å². The number of nitrogens with one attached hydrogen (secondary N) is 2. The lowest BCUT2D eigenvalue weighted by atomic mass is 9.96. The summed E-state index contributed by atoms with van der Waals surface area (Å²) in [7, 11) is 0. The number of nitrogens with zero attached hydrogens (tertiary/aromatic N) is 3. The summed E-state index contributed by atoms with van der Waals surface area (Å²) < 4.78 is 15.0. The molecule has 170 valence electrons. The zero-order chi connectivity index (χ0) is 23.1. The normalized spacial score (nSPS) is 18.4. The minimum absolute atomic E-state index is 0.103. The monoisotopic (exact) mass is 429 g/mol. The van der Waals surface area contributed by atoms with Crippen LogP contribution in [0, 0.1) is 28.6 Å². The molecule has 1 heterocycles. The highest BCUT2D eigenvalue weighted by Gasteiger charge is 2.31. The highest BCUT2D eigenvalue weighted by molar-refractivity contribution is 6.02. The predicted molar refractivity (Wildman–Crippen MR) is 125 cm³/mol. The van der Waals surface area contributed by atoms with Crippen LogP contribution >= 0.6 is 0 Å². The van der Waals surface area contributed by atoms with Crippen LogP contribution in [0.15, 0.2) is 41.3 Å². The molecule has 7 nitrogen and oxygen atoms in total. The lowest BCUT2D eigenvalue weighted by Crippen LogP contribution is -2.56. The molecule has 0 aromatic heterocycles. The summed E-state index contributed by atoms with van der Waals surface area (Å²) >= 11 is 0. The van der Waals surface area contributed by atoms with Crippen LogP contribution in [0.25, 0.3) is 0 Å². The molecule has 1 aromatic carbocycles. The molecule has 1 atom stereocenters. The number of nitrogens with two attached hydrogens (primary N) is 2. The Hall–Kier alpha value is -2.74.